The minimum Gasteiger partial charge on any atom is -0.494 e. The van der Waals surface area contributed by atoms with Crippen molar-refractivity contribution in [3.8, 4) is 5.75 Å². The molecule has 0 spiro atoms. The first-order valence-electron chi connectivity index (χ1n) is 9.31. The normalized spacial score (nSPS) is 10.4. The third kappa shape index (κ3) is 5.85. The van der Waals surface area contributed by atoms with Crippen LogP contribution in [0.2, 0.25) is 0 Å². The molecule has 0 radical (unpaired) electrons. The van der Waals surface area contributed by atoms with E-state index in [-0.39, 0.29) is 17.1 Å². The summed E-state index contributed by atoms with van der Waals surface area (Å²) in [6.45, 7) is 1.28. The molecule has 0 aliphatic carbocycles. The summed E-state index contributed by atoms with van der Waals surface area (Å²) in [6.07, 6.45) is 0. The summed E-state index contributed by atoms with van der Waals surface area (Å²) in [6, 6.07) is 12.4. The van der Waals surface area contributed by atoms with Crippen molar-refractivity contribution >= 4 is 35.0 Å². The standard InChI is InChI=1S/C21H19N3O7S/c1-13-9-15(31-23-13)12-32-19-6-4-3-5-16(19)21(26)30-11-20(25)22-17-8-7-14(24(27)28)10-18(17)29-2/h3-10H,11-12H2,1-2H3,(H,22,25). The van der Waals surface area contributed by atoms with E-state index in [2.05, 4.69) is 10.5 Å². The van der Waals surface area contributed by atoms with Gasteiger partial charge in [-0.25, -0.2) is 4.79 Å². The van der Waals surface area contributed by atoms with Crippen LogP contribution < -0.4 is 10.1 Å². The Morgan fingerprint density at radius 2 is 2.00 bits per heavy atom. The first-order chi connectivity index (χ1) is 15.4. The number of nitro groups is 1. The monoisotopic (exact) mass is 457 g/mol. The molecule has 0 aliphatic rings. The number of rotatable bonds is 9. The SMILES string of the molecule is COc1cc([N+](=O)[O-])ccc1NC(=O)COC(=O)c1ccccc1SCc1cc(C)no1. The average Bonchev–Trinajstić information content (AvgIpc) is 3.21. The fourth-order valence-electron chi connectivity index (χ4n) is 2.69. The van der Waals surface area contributed by atoms with Gasteiger partial charge in [-0.15, -0.1) is 11.8 Å². The molecule has 11 heteroatoms. The lowest BCUT2D eigenvalue weighted by atomic mass is 10.2. The molecule has 0 bridgehead atoms. The van der Waals surface area contributed by atoms with E-state index in [1.54, 1.807) is 24.3 Å². The van der Waals surface area contributed by atoms with E-state index in [1.165, 1.54) is 37.1 Å². The zero-order valence-corrected chi connectivity index (χ0v) is 18.0. The number of nitro benzene ring substituents is 1. The van der Waals surface area contributed by atoms with Crippen LogP contribution in [0.5, 0.6) is 5.75 Å². The van der Waals surface area contributed by atoms with Crippen LogP contribution in [0.15, 0.2) is 57.9 Å². The van der Waals surface area contributed by atoms with Crippen molar-refractivity contribution in [2.45, 2.75) is 17.6 Å². The quantitative estimate of drug-likeness (QED) is 0.219. The summed E-state index contributed by atoms with van der Waals surface area (Å²) >= 11 is 1.38. The Labute approximate surface area is 187 Å². The number of amides is 1. The number of hydrogen-bond acceptors (Lipinski definition) is 9. The van der Waals surface area contributed by atoms with E-state index >= 15 is 0 Å². The van der Waals surface area contributed by atoms with E-state index in [0.29, 0.717) is 22.0 Å². The number of benzene rings is 2. The fraction of sp³-hybridized carbons (Fsp3) is 0.190. The Bertz CT molecular complexity index is 1150. The number of non-ortho nitro benzene ring substituents is 1. The summed E-state index contributed by atoms with van der Waals surface area (Å²) in [5.41, 5.74) is 1.12. The smallest absolute Gasteiger partial charge is 0.339 e. The predicted octanol–water partition coefficient (Wildman–Crippen LogP) is 3.99. The molecule has 1 amide bonds. The molecule has 3 rings (SSSR count). The number of aromatic nitrogens is 1. The molecule has 10 nitrogen and oxygen atoms in total. The molecule has 0 atom stereocenters. The highest BCUT2D eigenvalue weighted by molar-refractivity contribution is 7.98. The van der Waals surface area contributed by atoms with Crippen LogP contribution in [0.25, 0.3) is 0 Å². The van der Waals surface area contributed by atoms with Gasteiger partial charge in [0.2, 0.25) is 0 Å². The minimum atomic E-state index is -0.660. The topological polar surface area (TPSA) is 134 Å². The van der Waals surface area contributed by atoms with Gasteiger partial charge in [-0.2, -0.15) is 0 Å². The third-order valence-electron chi connectivity index (χ3n) is 4.16. The number of nitrogens with zero attached hydrogens (tertiary/aromatic N) is 2. The lowest BCUT2D eigenvalue weighted by Gasteiger charge is -2.11. The van der Waals surface area contributed by atoms with E-state index in [4.69, 9.17) is 14.0 Å². The fourth-order valence-corrected chi connectivity index (χ4v) is 3.60. The molecule has 0 saturated heterocycles. The maximum Gasteiger partial charge on any atom is 0.339 e. The van der Waals surface area contributed by atoms with Crippen LogP contribution in [0.4, 0.5) is 11.4 Å². The second kappa shape index (κ2) is 10.4. The summed E-state index contributed by atoms with van der Waals surface area (Å²) in [4.78, 5) is 35.7. The number of nitrogens with one attached hydrogen (secondary N) is 1. The number of methoxy groups -OCH3 is 1. The van der Waals surface area contributed by atoms with Crippen LogP contribution in [0, 0.1) is 17.0 Å². The highest BCUT2D eigenvalue weighted by Gasteiger charge is 2.17. The molecule has 3 aromatic rings. The number of carbonyl (C=O) groups is 2. The second-order valence-electron chi connectivity index (χ2n) is 6.49. The van der Waals surface area contributed by atoms with E-state index in [0.717, 1.165) is 5.69 Å². The van der Waals surface area contributed by atoms with Gasteiger partial charge in [0.15, 0.2) is 6.61 Å². The lowest BCUT2D eigenvalue weighted by Crippen LogP contribution is -2.21. The van der Waals surface area contributed by atoms with Crippen molar-refractivity contribution in [2.75, 3.05) is 19.0 Å². The van der Waals surface area contributed by atoms with Crippen LogP contribution in [-0.4, -0.2) is 35.7 Å². The van der Waals surface area contributed by atoms with Gasteiger partial charge >= 0.3 is 5.97 Å². The van der Waals surface area contributed by atoms with Gasteiger partial charge in [0.05, 0.1) is 40.8 Å². The first kappa shape index (κ1) is 22.8. The maximum absolute atomic E-state index is 12.5. The number of esters is 1. The number of aryl methyl sites for hydroxylation is 1. The molecular formula is C21H19N3O7S. The number of hydrogen-bond donors (Lipinski definition) is 1. The van der Waals surface area contributed by atoms with Crippen molar-refractivity contribution in [1.82, 2.24) is 5.16 Å². The first-order valence-corrected chi connectivity index (χ1v) is 10.3. The van der Waals surface area contributed by atoms with Crippen molar-refractivity contribution in [3.05, 3.63) is 75.7 Å². The zero-order chi connectivity index (χ0) is 23.1. The largest absolute Gasteiger partial charge is 0.494 e. The Morgan fingerprint density at radius 3 is 2.69 bits per heavy atom. The molecule has 1 aromatic heterocycles. The van der Waals surface area contributed by atoms with E-state index in [9.17, 15) is 19.7 Å². The number of thioether (sulfide) groups is 1. The van der Waals surface area contributed by atoms with Gasteiger partial charge in [-0.3, -0.25) is 14.9 Å². The molecule has 32 heavy (non-hydrogen) atoms. The Kier molecular flexibility index (Phi) is 7.45. The molecule has 1 heterocycles. The molecule has 166 valence electrons. The summed E-state index contributed by atoms with van der Waals surface area (Å²) < 4.78 is 15.4. The van der Waals surface area contributed by atoms with Gasteiger partial charge in [-0.1, -0.05) is 17.3 Å². The van der Waals surface area contributed by atoms with Crippen molar-refractivity contribution in [3.63, 3.8) is 0 Å². The summed E-state index contributed by atoms with van der Waals surface area (Å²) in [7, 11) is 1.32. The number of ether oxygens (including phenoxy) is 2. The van der Waals surface area contributed by atoms with Crippen LogP contribution >= 0.6 is 11.8 Å². The minimum absolute atomic E-state index is 0.114. The molecule has 2 aromatic carbocycles. The van der Waals surface area contributed by atoms with Gasteiger partial charge in [0.25, 0.3) is 11.6 Å². The molecule has 0 unspecified atom stereocenters. The van der Waals surface area contributed by atoms with Crippen molar-refractivity contribution in [1.29, 1.82) is 0 Å². The highest BCUT2D eigenvalue weighted by Crippen LogP contribution is 2.29. The van der Waals surface area contributed by atoms with Crippen LogP contribution in [0.1, 0.15) is 21.8 Å². The maximum atomic E-state index is 12.5. The molecule has 0 fully saturated rings. The van der Waals surface area contributed by atoms with Gasteiger partial charge in [-0.05, 0) is 25.1 Å². The van der Waals surface area contributed by atoms with Crippen LogP contribution in [-0.2, 0) is 15.3 Å². The van der Waals surface area contributed by atoms with Crippen LogP contribution in [0.3, 0.4) is 0 Å². The third-order valence-corrected chi connectivity index (χ3v) is 5.25. The number of anilines is 1. The predicted molar refractivity (Wildman–Crippen MR) is 116 cm³/mol. The van der Waals surface area contributed by atoms with Gasteiger partial charge < -0.3 is 19.3 Å². The zero-order valence-electron chi connectivity index (χ0n) is 17.2. The molecule has 0 saturated carbocycles. The van der Waals surface area contributed by atoms with Gasteiger partial charge in [0, 0.05) is 17.0 Å². The molecule has 0 aliphatic heterocycles. The Balaban J connectivity index is 1.60. The van der Waals surface area contributed by atoms with E-state index in [1.807, 2.05) is 13.0 Å². The summed E-state index contributed by atoms with van der Waals surface area (Å²) in [5, 5.41) is 17.2. The van der Waals surface area contributed by atoms with Gasteiger partial charge in [0.1, 0.15) is 11.5 Å². The lowest BCUT2D eigenvalue weighted by molar-refractivity contribution is -0.384. The highest BCUT2D eigenvalue weighted by atomic mass is 32.2. The number of carbonyl (C=O) groups excluding carboxylic acids is 2. The molecule has 1 N–H and O–H groups in total. The second-order valence-corrected chi connectivity index (χ2v) is 7.50. The Hall–Kier alpha value is -3.86. The van der Waals surface area contributed by atoms with Crippen molar-refractivity contribution in [2.24, 2.45) is 0 Å². The Morgan fingerprint density at radius 1 is 1.22 bits per heavy atom. The summed E-state index contributed by atoms with van der Waals surface area (Å²) in [5.74, 6) is -0.0123. The molecular weight excluding hydrogens is 438 g/mol. The van der Waals surface area contributed by atoms with Crippen molar-refractivity contribution < 1.29 is 28.5 Å². The average molecular weight is 457 g/mol. The van der Waals surface area contributed by atoms with E-state index < -0.39 is 23.4 Å².